The van der Waals surface area contributed by atoms with E-state index in [0.717, 1.165) is 42.5 Å². The van der Waals surface area contributed by atoms with Gasteiger partial charge in [0, 0.05) is 38.5 Å². The summed E-state index contributed by atoms with van der Waals surface area (Å²) in [7, 11) is 1.99. The molecule has 1 N–H and O–H groups in total. The summed E-state index contributed by atoms with van der Waals surface area (Å²) < 4.78 is 2.01. The average molecular weight is 245 g/mol. The van der Waals surface area contributed by atoms with Gasteiger partial charge in [-0.1, -0.05) is 6.92 Å². The topological polar surface area (TPSA) is 55.6 Å². The third-order valence-corrected chi connectivity index (χ3v) is 2.71. The van der Waals surface area contributed by atoms with Crippen LogP contribution in [0.2, 0.25) is 0 Å². The number of nitrogens with zero attached hydrogens (tertiary/aromatic N) is 4. The lowest BCUT2D eigenvalue weighted by Gasteiger charge is -2.07. The summed E-state index contributed by atoms with van der Waals surface area (Å²) in [6.07, 6.45) is 5.56. The van der Waals surface area contributed by atoms with E-state index in [2.05, 4.69) is 27.2 Å². The molecule has 2 aromatic heterocycles. The maximum atomic E-state index is 4.45. The van der Waals surface area contributed by atoms with Crippen LogP contribution in [0.4, 0.5) is 5.82 Å². The van der Waals surface area contributed by atoms with Gasteiger partial charge in [0.1, 0.15) is 17.5 Å². The van der Waals surface area contributed by atoms with Crippen LogP contribution >= 0.6 is 0 Å². The molecule has 0 radical (unpaired) electrons. The van der Waals surface area contributed by atoms with Crippen molar-refractivity contribution in [3.8, 4) is 0 Å². The quantitative estimate of drug-likeness (QED) is 0.874. The van der Waals surface area contributed by atoms with Gasteiger partial charge in [0.2, 0.25) is 0 Å². The van der Waals surface area contributed by atoms with Crippen LogP contribution in [0, 0.1) is 6.92 Å². The number of nitrogens with one attached hydrogen (secondary N) is 1. The molecule has 0 saturated carbocycles. The van der Waals surface area contributed by atoms with Gasteiger partial charge in [-0.2, -0.15) is 0 Å². The van der Waals surface area contributed by atoms with Crippen molar-refractivity contribution >= 4 is 5.82 Å². The Balaban J connectivity index is 2.17. The van der Waals surface area contributed by atoms with Gasteiger partial charge in [0.25, 0.3) is 0 Å². The van der Waals surface area contributed by atoms with Gasteiger partial charge in [-0.3, -0.25) is 0 Å². The van der Waals surface area contributed by atoms with E-state index in [1.165, 1.54) is 0 Å². The first-order valence-corrected chi connectivity index (χ1v) is 6.23. The number of anilines is 1. The monoisotopic (exact) mass is 245 g/mol. The van der Waals surface area contributed by atoms with Gasteiger partial charge in [0.15, 0.2) is 0 Å². The molecule has 0 aliphatic heterocycles. The van der Waals surface area contributed by atoms with Crippen molar-refractivity contribution in [1.82, 2.24) is 19.5 Å². The van der Waals surface area contributed by atoms with Crippen LogP contribution in [-0.2, 0) is 13.5 Å². The lowest BCUT2D eigenvalue weighted by molar-refractivity contribution is 0.804. The van der Waals surface area contributed by atoms with E-state index in [4.69, 9.17) is 0 Å². The Kier molecular flexibility index (Phi) is 3.92. The Labute approximate surface area is 107 Å². The number of hydrogen-bond donors (Lipinski definition) is 1. The minimum atomic E-state index is 0.730. The predicted octanol–water partition coefficient (Wildman–Crippen LogP) is 1.93. The molecule has 5 heteroatoms. The first kappa shape index (κ1) is 12.5. The molecule has 2 rings (SSSR count). The first-order valence-electron chi connectivity index (χ1n) is 6.23. The SMILES string of the molecule is CCCNc1cc(Cc2nccn2C)nc(C)n1. The second-order valence-electron chi connectivity index (χ2n) is 4.35. The van der Waals surface area contributed by atoms with E-state index in [-0.39, 0.29) is 0 Å². The molecule has 96 valence electrons. The molecule has 2 heterocycles. The van der Waals surface area contributed by atoms with Gasteiger partial charge in [-0.15, -0.1) is 0 Å². The summed E-state index contributed by atoms with van der Waals surface area (Å²) >= 11 is 0. The summed E-state index contributed by atoms with van der Waals surface area (Å²) in [6, 6.07) is 2.00. The van der Waals surface area contributed by atoms with E-state index in [9.17, 15) is 0 Å². The van der Waals surface area contributed by atoms with Gasteiger partial charge in [0.05, 0.1) is 5.69 Å². The Bertz CT molecular complexity index is 518. The molecular formula is C13H19N5. The van der Waals surface area contributed by atoms with E-state index >= 15 is 0 Å². The van der Waals surface area contributed by atoms with E-state index in [0.29, 0.717) is 0 Å². The highest BCUT2D eigenvalue weighted by Gasteiger charge is 2.05. The lowest BCUT2D eigenvalue weighted by Crippen LogP contribution is -2.07. The summed E-state index contributed by atoms with van der Waals surface area (Å²) in [6.45, 7) is 4.98. The van der Waals surface area contributed by atoms with Crippen molar-refractivity contribution in [3.63, 3.8) is 0 Å². The van der Waals surface area contributed by atoms with Crippen molar-refractivity contribution in [2.45, 2.75) is 26.7 Å². The molecule has 5 nitrogen and oxygen atoms in total. The molecule has 0 atom stereocenters. The maximum Gasteiger partial charge on any atom is 0.129 e. The third-order valence-electron chi connectivity index (χ3n) is 2.71. The Morgan fingerprint density at radius 2 is 2.17 bits per heavy atom. The summed E-state index contributed by atoms with van der Waals surface area (Å²) in [4.78, 5) is 13.1. The molecule has 0 fully saturated rings. The van der Waals surface area contributed by atoms with Crippen LogP contribution in [0.3, 0.4) is 0 Å². The Hall–Kier alpha value is -1.91. The fraction of sp³-hybridized carbons (Fsp3) is 0.462. The normalized spacial score (nSPS) is 10.6. The molecule has 0 saturated heterocycles. The minimum Gasteiger partial charge on any atom is -0.370 e. The maximum absolute atomic E-state index is 4.45. The number of rotatable bonds is 5. The number of aromatic nitrogens is 4. The number of imidazole rings is 1. The highest BCUT2D eigenvalue weighted by molar-refractivity contribution is 5.36. The summed E-state index contributed by atoms with van der Waals surface area (Å²) in [5, 5.41) is 3.29. The number of hydrogen-bond acceptors (Lipinski definition) is 4. The second kappa shape index (κ2) is 5.62. The Morgan fingerprint density at radius 1 is 1.33 bits per heavy atom. The number of aryl methyl sites for hydroxylation is 2. The van der Waals surface area contributed by atoms with Crippen LogP contribution in [0.1, 0.15) is 30.7 Å². The van der Waals surface area contributed by atoms with Gasteiger partial charge >= 0.3 is 0 Å². The lowest BCUT2D eigenvalue weighted by atomic mass is 10.2. The molecule has 2 aromatic rings. The minimum absolute atomic E-state index is 0.730. The molecular weight excluding hydrogens is 226 g/mol. The van der Waals surface area contributed by atoms with Crippen LogP contribution in [-0.4, -0.2) is 26.1 Å². The zero-order chi connectivity index (χ0) is 13.0. The van der Waals surface area contributed by atoms with Crippen LogP contribution in [0.5, 0.6) is 0 Å². The first-order chi connectivity index (χ1) is 8.69. The standard InChI is InChI=1S/C13H19N5/c1-4-5-14-12-8-11(16-10(2)17-12)9-13-15-6-7-18(13)3/h6-8H,4-5,9H2,1-3H3,(H,14,16,17). The molecule has 0 unspecified atom stereocenters. The van der Waals surface area contributed by atoms with Crippen molar-refractivity contribution in [2.75, 3.05) is 11.9 Å². The van der Waals surface area contributed by atoms with Gasteiger partial charge < -0.3 is 9.88 Å². The highest BCUT2D eigenvalue weighted by Crippen LogP contribution is 2.10. The molecule has 0 amide bonds. The van der Waals surface area contributed by atoms with Crippen molar-refractivity contribution in [2.24, 2.45) is 7.05 Å². The van der Waals surface area contributed by atoms with Crippen molar-refractivity contribution in [3.05, 3.63) is 35.8 Å². The zero-order valence-electron chi connectivity index (χ0n) is 11.1. The van der Waals surface area contributed by atoms with Crippen molar-refractivity contribution in [1.29, 1.82) is 0 Å². The molecule has 0 aliphatic rings. The highest BCUT2D eigenvalue weighted by atomic mass is 15.0. The van der Waals surface area contributed by atoms with Gasteiger partial charge in [-0.25, -0.2) is 15.0 Å². The van der Waals surface area contributed by atoms with Crippen LogP contribution in [0.15, 0.2) is 18.5 Å². The van der Waals surface area contributed by atoms with E-state index in [1.54, 1.807) is 6.20 Å². The Morgan fingerprint density at radius 3 is 2.83 bits per heavy atom. The molecule has 0 spiro atoms. The van der Waals surface area contributed by atoms with E-state index < -0.39 is 0 Å². The smallest absolute Gasteiger partial charge is 0.129 e. The van der Waals surface area contributed by atoms with Gasteiger partial charge in [-0.05, 0) is 13.3 Å². The predicted molar refractivity (Wildman–Crippen MR) is 71.6 cm³/mol. The fourth-order valence-electron chi connectivity index (χ4n) is 1.79. The largest absolute Gasteiger partial charge is 0.370 e. The summed E-state index contributed by atoms with van der Waals surface area (Å²) in [5.74, 6) is 2.70. The zero-order valence-corrected chi connectivity index (χ0v) is 11.1. The van der Waals surface area contributed by atoms with Crippen LogP contribution < -0.4 is 5.32 Å². The van der Waals surface area contributed by atoms with Crippen molar-refractivity contribution < 1.29 is 0 Å². The molecule has 0 aliphatic carbocycles. The molecule has 0 aromatic carbocycles. The molecule has 18 heavy (non-hydrogen) atoms. The third kappa shape index (κ3) is 3.06. The van der Waals surface area contributed by atoms with Crippen LogP contribution in [0.25, 0.3) is 0 Å². The molecule has 0 bridgehead atoms. The second-order valence-corrected chi connectivity index (χ2v) is 4.35. The fourth-order valence-corrected chi connectivity index (χ4v) is 1.79. The average Bonchev–Trinajstić information content (AvgIpc) is 2.72. The van der Waals surface area contributed by atoms with E-state index in [1.807, 2.05) is 30.8 Å². The summed E-state index contributed by atoms with van der Waals surface area (Å²) in [5.41, 5.74) is 0.996.